The quantitative estimate of drug-likeness (QED) is 0.765. The Bertz CT molecular complexity index is 697. The molecule has 0 atom stereocenters. The Morgan fingerprint density at radius 2 is 1.88 bits per heavy atom. The number of aryl methyl sites for hydroxylation is 1. The van der Waals surface area contributed by atoms with Gasteiger partial charge in [-0.05, 0) is 50.6 Å². The zero-order valence-corrected chi connectivity index (χ0v) is 14.5. The Morgan fingerprint density at radius 3 is 2.54 bits per heavy atom. The molecule has 0 radical (unpaired) electrons. The second kappa shape index (κ2) is 8.24. The maximum Gasteiger partial charge on any atom is 0.262 e. The summed E-state index contributed by atoms with van der Waals surface area (Å²) in [5, 5.41) is 2.90. The smallest absolute Gasteiger partial charge is 0.262 e. The SMILES string of the molecule is CCN(CC)c1ccc(N)cc1NC(=O)COc1ccccc1C. The Morgan fingerprint density at radius 1 is 1.17 bits per heavy atom. The number of ether oxygens (including phenoxy) is 1. The van der Waals surface area contributed by atoms with Gasteiger partial charge in [0.15, 0.2) is 6.61 Å². The summed E-state index contributed by atoms with van der Waals surface area (Å²) in [6.07, 6.45) is 0. The molecule has 3 N–H and O–H groups in total. The number of rotatable bonds is 7. The molecule has 0 fully saturated rings. The first-order chi connectivity index (χ1) is 11.5. The van der Waals surface area contributed by atoms with Crippen molar-refractivity contribution in [2.75, 3.05) is 35.6 Å². The molecule has 5 nitrogen and oxygen atoms in total. The Balaban J connectivity index is 2.08. The number of para-hydroxylation sites is 1. The highest BCUT2D eigenvalue weighted by Gasteiger charge is 2.12. The molecule has 0 aromatic heterocycles. The van der Waals surface area contributed by atoms with Gasteiger partial charge in [0.25, 0.3) is 5.91 Å². The van der Waals surface area contributed by atoms with Crippen molar-refractivity contribution in [3.8, 4) is 5.75 Å². The molecule has 0 aliphatic carbocycles. The van der Waals surface area contributed by atoms with Gasteiger partial charge in [-0.15, -0.1) is 0 Å². The number of nitrogens with two attached hydrogens (primary N) is 1. The van der Waals surface area contributed by atoms with Crippen molar-refractivity contribution in [1.82, 2.24) is 0 Å². The van der Waals surface area contributed by atoms with Crippen LogP contribution in [0.15, 0.2) is 42.5 Å². The average Bonchev–Trinajstić information content (AvgIpc) is 2.57. The van der Waals surface area contributed by atoms with E-state index in [2.05, 4.69) is 24.1 Å². The summed E-state index contributed by atoms with van der Waals surface area (Å²) in [7, 11) is 0. The van der Waals surface area contributed by atoms with E-state index in [1.807, 2.05) is 43.3 Å². The minimum absolute atomic E-state index is 0.0443. The highest BCUT2D eigenvalue weighted by Crippen LogP contribution is 2.28. The molecule has 2 aromatic rings. The van der Waals surface area contributed by atoms with Crippen LogP contribution in [0, 0.1) is 6.92 Å². The van der Waals surface area contributed by atoms with Crippen LogP contribution in [0.2, 0.25) is 0 Å². The number of nitrogens with zero attached hydrogens (tertiary/aromatic N) is 1. The van der Waals surface area contributed by atoms with E-state index >= 15 is 0 Å². The van der Waals surface area contributed by atoms with Crippen molar-refractivity contribution in [3.63, 3.8) is 0 Å². The van der Waals surface area contributed by atoms with E-state index < -0.39 is 0 Å². The number of anilines is 3. The van der Waals surface area contributed by atoms with Crippen LogP contribution in [0.1, 0.15) is 19.4 Å². The van der Waals surface area contributed by atoms with Crippen LogP contribution in [0.25, 0.3) is 0 Å². The van der Waals surface area contributed by atoms with Gasteiger partial charge in [0.05, 0.1) is 11.4 Å². The van der Waals surface area contributed by atoms with E-state index in [0.717, 1.165) is 24.3 Å². The predicted octanol–water partition coefficient (Wildman–Crippen LogP) is 3.44. The number of hydrogen-bond acceptors (Lipinski definition) is 4. The van der Waals surface area contributed by atoms with Crippen molar-refractivity contribution in [1.29, 1.82) is 0 Å². The number of nitrogen functional groups attached to an aromatic ring is 1. The average molecular weight is 327 g/mol. The van der Waals surface area contributed by atoms with Crippen LogP contribution < -0.4 is 20.7 Å². The molecule has 24 heavy (non-hydrogen) atoms. The zero-order chi connectivity index (χ0) is 17.5. The third-order valence-electron chi connectivity index (χ3n) is 3.85. The van der Waals surface area contributed by atoms with Gasteiger partial charge in [0, 0.05) is 18.8 Å². The van der Waals surface area contributed by atoms with Crippen molar-refractivity contribution in [3.05, 3.63) is 48.0 Å². The van der Waals surface area contributed by atoms with Gasteiger partial charge in [0.1, 0.15) is 5.75 Å². The molecule has 0 aliphatic rings. The molecular formula is C19H25N3O2. The Hall–Kier alpha value is -2.69. The van der Waals surface area contributed by atoms with Gasteiger partial charge >= 0.3 is 0 Å². The van der Waals surface area contributed by atoms with Gasteiger partial charge < -0.3 is 20.7 Å². The minimum Gasteiger partial charge on any atom is -0.483 e. The van der Waals surface area contributed by atoms with Gasteiger partial charge in [0.2, 0.25) is 0 Å². The number of amides is 1. The highest BCUT2D eigenvalue weighted by atomic mass is 16.5. The van der Waals surface area contributed by atoms with E-state index in [-0.39, 0.29) is 12.5 Å². The molecule has 0 unspecified atom stereocenters. The summed E-state index contributed by atoms with van der Waals surface area (Å²) in [6, 6.07) is 13.2. The molecule has 0 spiro atoms. The zero-order valence-electron chi connectivity index (χ0n) is 14.5. The van der Waals surface area contributed by atoms with Gasteiger partial charge in [-0.3, -0.25) is 4.79 Å². The van der Waals surface area contributed by atoms with Gasteiger partial charge in [-0.25, -0.2) is 0 Å². The second-order valence-electron chi connectivity index (χ2n) is 5.55. The summed E-state index contributed by atoms with van der Waals surface area (Å²) in [5.41, 5.74) is 9.14. The van der Waals surface area contributed by atoms with E-state index in [0.29, 0.717) is 17.1 Å². The van der Waals surface area contributed by atoms with Crippen LogP contribution in [-0.2, 0) is 4.79 Å². The second-order valence-corrected chi connectivity index (χ2v) is 5.55. The summed E-state index contributed by atoms with van der Waals surface area (Å²) < 4.78 is 5.60. The van der Waals surface area contributed by atoms with Crippen molar-refractivity contribution in [2.24, 2.45) is 0 Å². The number of carbonyl (C=O) groups excluding carboxylic acids is 1. The standard InChI is InChI=1S/C19H25N3O2/c1-4-22(5-2)17-11-10-15(20)12-16(17)21-19(23)13-24-18-9-7-6-8-14(18)3/h6-12H,4-5,13,20H2,1-3H3,(H,21,23). The number of nitrogens with one attached hydrogen (secondary N) is 1. The normalized spacial score (nSPS) is 10.3. The van der Waals surface area contributed by atoms with E-state index in [1.165, 1.54) is 0 Å². The first-order valence-corrected chi connectivity index (χ1v) is 8.17. The first-order valence-electron chi connectivity index (χ1n) is 8.17. The molecule has 0 heterocycles. The first kappa shape index (κ1) is 17.7. The van der Waals surface area contributed by atoms with E-state index in [4.69, 9.17) is 10.5 Å². The lowest BCUT2D eigenvalue weighted by Crippen LogP contribution is -2.26. The van der Waals surface area contributed by atoms with Crippen LogP contribution >= 0.6 is 0 Å². The minimum atomic E-state index is -0.211. The van der Waals surface area contributed by atoms with E-state index in [9.17, 15) is 4.79 Å². The number of hydrogen-bond donors (Lipinski definition) is 2. The molecule has 128 valence electrons. The van der Waals surface area contributed by atoms with Crippen molar-refractivity contribution >= 4 is 23.0 Å². The predicted molar refractivity (Wildman–Crippen MR) is 99.7 cm³/mol. The Labute approximate surface area is 143 Å². The fraction of sp³-hybridized carbons (Fsp3) is 0.316. The molecule has 0 saturated heterocycles. The molecule has 0 aliphatic heterocycles. The van der Waals surface area contributed by atoms with Crippen LogP contribution in [0.4, 0.5) is 17.1 Å². The van der Waals surface area contributed by atoms with Gasteiger partial charge in [-0.1, -0.05) is 18.2 Å². The maximum atomic E-state index is 12.3. The lowest BCUT2D eigenvalue weighted by Gasteiger charge is -2.24. The third kappa shape index (κ3) is 4.41. The largest absolute Gasteiger partial charge is 0.483 e. The summed E-state index contributed by atoms with van der Waals surface area (Å²) in [5.74, 6) is 0.501. The van der Waals surface area contributed by atoms with Crippen molar-refractivity contribution in [2.45, 2.75) is 20.8 Å². The van der Waals surface area contributed by atoms with E-state index in [1.54, 1.807) is 6.07 Å². The maximum absolute atomic E-state index is 12.3. The van der Waals surface area contributed by atoms with Crippen LogP contribution in [0.3, 0.4) is 0 Å². The topological polar surface area (TPSA) is 67.6 Å². The summed E-state index contributed by atoms with van der Waals surface area (Å²) in [6.45, 7) is 7.76. The molecule has 2 rings (SSSR count). The fourth-order valence-corrected chi connectivity index (χ4v) is 2.54. The molecular weight excluding hydrogens is 302 g/mol. The number of benzene rings is 2. The number of carbonyl (C=O) groups is 1. The molecule has 0 bridgehead atoms. The Kier molecular flexibility index (Phi) is 6.07. The highest BCUT2D eigenvalue weighted by molar-refractivity contribution is 5.96. The summed E-state index contributed by atoms with van der Waals surface area (Å²) in [4.78, 5) is 14.4. The van der Waals surface area contributed by atoms with Gasteiger partial charge in [-0.2, -0.15) is 0 Å². The van der Waals surface area contributed by atoms with Crippen LogP contribution in [-0.4, -0.2) is 25.6 Å². The molecule has 2 aromatic carbocycles. The summed E-state index contributed by atoms with van der Waals surface area (Å²) >= 11 is 0. The fourth-order valence-electron chi connectivity index (χ4n) is 2.54. The monoisotopic (exact) mass is 327 g/mol. The van der Waals surface area contributed by atoms with Crippen LogP contribution in [0.5, 0.6) is 5.75 Å². The lowest BCUT2D eigenvalue weighted by molar-refractivity contribution is -0.118. The molecule has 0 saturated carbocycles. The third-order valence-corrected chi connectivity index (χ3v) is 3.85. The lowest BCUT2D eigenvalue weighted by atomic mass is 10.2. The molecule has 5 heteroatoms. The van der Waals surface area contributed by atoms with Crippen molar-refractivity contribution < 1.29 is 9.53 Å². The molecule has 1 amide bonds.